The van der Waals surface area contributed by atoms with E-state index in [1.807, 2.05) is 0 Å². The number of carbonyl (C=O) groups is 1. The fourth-order valence-electron chi connectivity index (χ4n) is 1.40. The summed E-state index contributed by atoms with van der Waals surface area (Å²) in [4.78, 5) is 23.8. The molecule has 22 heavy (non-hydrogen) atoms. The van der Waals surface area contributed by atoms with E-state index in [0.717, 1.165) is 0 Å². The summed E-state index contributed by atoms with van der Waals surface area (Å²) in [5, 5.41) is 10.8. The van der Waals surface area contributed by atoms with E-state index < -0.39 is 46.4 Å². The van der Waals surface area contributed by atoms with Crippen LogP contribution in [0.3, 0.4) is 0 Å². The summed E-state index contributed by atoms with van der Waals surface area (Å²) in [7, 11) is 0. The number of nitrogens with zero attached hydrogens (tertiary/aromatic N) is 2. The molecule has 0 saturated heterocycles. The lowest BCUT2D eigenvalue weighted by atomic mass is 10.2. The molecule has 0 fully saturated rings. The molecule has 0 radical (unpaired) electrons. The molecule has 1 rings (SSSR count). The molecule has 0 aromatic carbocycles. The lowest BCUT2D eigenvalue weighted by Crippen LogP contribution is -2.22. The predicted octanol–water partition coefficient (Wildman–Crippen LogP) is 3.00. The Kier molecular flexibility index (Phi) is 5.17. The lowest BCUT2D eigenvalue weighted by molar-refractivity contribution is -0.390. The minimum Gasteiger partial charge on any atom is -0.461 e. The van der Waals surface area contributed by atoms with Gasteiger partial charge in [-0.3, -0.25) is 10.1 Å². The van der Waals surface area contributed by atoms with E-state index in [2.05, 4.69) is 14.5 Å². The normalized spacial score (nSPS) is 11.4. The predicted molar refractivity (Wildman–Crippen MR) is 58.5 cm³/mol. The number of pyridine rings is 1. The van der Waals surface area contributed by atoms with Crippen molar-refractivity contribution in [2.24, 2.45) is 0 Å². The van der Waals surface area contributed by atoms with Crippen molar-refractivity contribution in [3.05, 3.63) is 27.6 Å². The molecule has 0 amide bonds. The van der Waals surface area contributed by atoms with Gasteiger partial charge in [-0.1, -0.05) is 0 Å². The van der Waals surface area contributed by atoms with Crippen LogP contribution in [0, 0.1) is 10.1 Å². The van der Waals surface area contributed by atoms with Gasteiger partial charge in [0.2, 0.25) is 5.75 Å². The summed E-state index contributed by atoms with van der Waals surface area (Å²) in [5.41, 5.74) is -4.35. The number of aromatic nitrogens is 1. The van der Waals surface area contributed by atoms with Gasteiger partial charge in [-0.15, -0.1) is 13.2 Å². The standard InChI is InChI=1S/C10H7F5N2O5/c1-2-21-9(18)5-7(22-10(13,14)15)6(17(19)20)4(3-16-5)8(11)12/h3,8H,2H2,1H3. The molecule has 1 heterocycles. The highest BCUT2D eigenvalue weighted by molar-refractivity contribution is 5.92. The van der Waals surface area contributed by atoms with Gasteiger partial charge in [0.15, 0.2) is 5.69 Å². The first-order chi connectivity index (χ1) is 10.1. The van der Waals surface area contributed by atoms with Crippen molar-refractivity contribution in [3.8, 4) is 5.75 Å². The summed E-state index contributed by atoms with van der Waals surface area (Å²) >= 11 is 0. The molecule has 7 nitrogen and oxygen atoms in total. The van der Waals surface area contributed by atoms with Crippen LogP contribution in [-0.4, -0.2) is 28.8 Å². The van der Waals surface area contributed by atoms with Crippen molar-refractivity contribution in [2.75, 3.05) is 6.61 Å². The van der Waals surface area contributed by atoms with Gasteiger partial charge in [-0.2, -0.15) is 0 Å². The highest BCUT2D eigenvalue weighted by Crippen LogP contribution is 2.40. The minimum atomic E-state index is -5.46. The third kappa shape index (κ3) is 3.99. The zero-order chi connectivity index (χ0) is 17.1. The van der Waals surface area contributed by atoms with Crippen LogP contribution in [0.25, 0.3) is 0 Å². The number of esters is 1. The smallest absolute Gasteiger partial charge is 0.461 e. The molecule has 0 aliphatic rings. The third-order valence-corrected chi connectivity index (χ3v) is 2.14. The molecule has 0 atom stereocenters. The fourth-order valence-corrected chi connectivity index (χ4v) is 1.40. The van der Waals surface area contributed by atoms with Gasteiger partial charge in [0, 0.05) is 6.20 Å². The van der Waals surface area contributed by atoms with Gasteiger partial charge in [0.1, 0.15) is 5.56 Å². The van der Waals surface area contributed by atoms with Crippen molar-refractivity contribution in [1.29, 1.82) is 0 Å². The van der Waals surface area contributed by atoms with E-state index in [0.29, 0.717) is 0 Å². The number of alkyl halides is 5. The summed E-state index contributed by atoms with van der Waals surface area (Å²) in [6.45, 7) is 1.03. The van der Waals surface area contributed by atoms with E-state index in [-0.39, 0.29) is 12.8 Å². The Morgan fingerprint density at radius 2 is 2.05 bits per heavy atom. The molecule has 0 saturated carbocycles. The van der Waals surface area contributed by atoms with E-state index >= 15 is 0 Å². The molecule has 0 aliphatic heterocycles. The summed E-state index contributed by atoms with van der Waals surface area (Å²) < 4.78 is 70.1. The summed E-state index contributed by atoms with van der Waals surface area (Å²) in [5.74, 6) is -3.22. The maximum atomic E-state index is 12.7. The molecule has 122 valence electrons. The molecule has 0 unspecified atom stereocenters. The van der Waals surface area contributed by atoms with Crippen LogP contribution in [-0.2, 0) is 4.74 Å². The summed E-state index contributed by atoms with van der Waals surface area (Å²) in [6.07, 6.45) is -8.74. The first-order valence-corrected chi connectivity index (χ1v) is 5.46. The van der Waals surface area contributed by atoms with Crippen LogP contribution in [0.2, 0.25) is 0 Å². The van der Waals surface area contributed by atoms with E-state index in [1.54, 1.807) is 0 Å². The SMILES string of the molecule is CCOC(=O)c1ncc(C(F)F)c([N+](=O)[O-])c1OC(F)(F)F. The average molecular weight is 330 g/mol. The number of hydrogen-bond donors (Lipinski definition) is 0. The maximum absolute atomic E-state index is 12.7. The van der Waals surface area contributed by atoms with Crippen LogP contribution < -0.4 is 4.74 Å². The quantitative estimate of drug-likeness (QED) is 0.357. The Morgan fingerprint density at radius 1 is 1.45 bits per heavy atom. The van der Waals surface area contributed by atoms with Crippen LogP contribution >= 0.6 is 0 Å². The van der Waals surface area contributed by atoms with E-state index in [1.165, 1.54) is 6.92 Å². The Hall–Kier alpha value is -2.53. The van der Waals surface area contributed by atoms with Gasteiger partial charge in [0.25, 0.3) is 6.43 Å². The van der Waals surface area contributed by atoms with Crippen molar-refractivity contribution in [3.63, 3.8) is 0 Å². The van der Waals surface area contributed by atoms with Crippen LogP contribution in [0.1, 0.15) is 29.4 Å². The molecule has 0 aliphatic carbocycles. The first-order valence-electron chi connectivity index (χ1n) is 5.46. The molecule has 0 bridgehead atoms. The zero-order valence-electron chi connectivity index (χ0n) is 10.7. The van der Waals surface area contributed by atoms with Crippen LogP contribution in [0.5, 0.6) is 5.75 Å². The molecule has 0 N–H and O–H groups in total. The molecule has 12 heteroatoms. The zero-order valence-corrected chi connectivity index (χ0v) is 10.7. The third-order valence-electron chi connectivity index (χ3n) is 2.14. The number of carbonyl (C=O) groups excluding carboxylic acids is 1. The second-order valence-corrected chi connectivity index (χ2v) is 3.57. The van der Waals surface area contributed by atoms with Gasteiger partial charge >= 0.3 is 18.0 Å². The second kappa shape index (κ2) is 6.49. The number of nitro groups is 1. The summed E-state index contributed by atoms with van der Waals surface area (Å²) in [6, 6.07) is 0. The van der Waals surface area contributed by atoms with Crippen molar-refractivity contribution >= 4 is 11.7 Å². The van der Waals surface area contributed by atoms with Crippen molar-refractivity contribution < 1.29 is 41.1 Å². The van der Waals surface area contributed by atoms with Gasteiger partial charge in [-0.25, -0.2) is 18.6 Å². The molecule has 1 aromatic heterocycles. The highest BCUT2D eigenvalue weighted by Gasteiger charge is 2.41. The number of rotatable bonds is 5. The van der Waals surface area contributed by atoms with Crippen molar-refractivity contribution in [2.45, 2.75) is 19.7 Å². The second-order valence-electron chi connectivity index (χ2n) is 3.57. The van der Waals surface area contributed by atoms with Crippen molar-refractivity contribution in [1.82, 2.24) is 4.98 Å². The molecular weight excluding hydrogens is 323 g/mol. The van der Waals surface area contributed by atoms with Crippen LogP contribution in [0.15, 0.2) is 6.20 Å². The van der Waals surface area contributed by atoms with Gasteiger partial charge in [-0.05, 0) is 6.92 Å². The average Bonchev–Trinajstić information content (AvgIpc) is 2.35. The monoisotopic (exact) mass is 330 g/mol. The largest absolute Gasteiger partial charge is 0.573 e. The molecule has 0 spiro atoms. The Labute approximate surface area is 118 Å². The number of halogens is 5. The Balaban J connectivity index is 3.62. The Bertz CT molecular complexity index is 590. The number of ether oxygens (including phenoxy) is 2. The molecular formula is C10H7F5N2O5. The number of hydrogen-bond acceptors (Lipinski definition) is 6. The van der Waals surface area contributed by atoms with E-state index in [9.17, 15) is 36.9 Å². The molecule has 1 aromatic rings. The topological polar surface area (TPSA) is 91.6 Å². The Morgan fingerprint density at radius 3 is 2.45 bits per heavy atom. The van der Waals surface area contributed by atoms with Gasteiger partial charge in [0.05, 0.1) is 11.5 Å². The first kappa shape index (κ1) is 17.5. The van der Waals surface area contributed by atoms with Gasteiger partial charge < -0.3 is 9.47 Å². The maximum Gasteiger partial charge on any atom is 0.573 e. The fraction of sp³-hybridized carbons (Fsp3) is 0.400. The van der Waals surface area contributed by atoms with Crippen LogP contribution in [0.4, 0.5) is 27.6 Å². The highest BCUT2D eigenvalue weighted by atomic mass is 19.4. The minimum absolute atomic E-state index is 0.221. The lowest BCUT2D eigenvalue weighted by Gasteiger charge is -2.13. The van der Waals surface area contributed by atoms with E-state index in [4.69, 9.17) is 0 Å².